The Morgan fingerprint density at radius 1 is 1.41 bits per heavy atom. The molecule has 1 aliphatic heterocycles. The molecular weight excluding hydrogens is 294 g/mol. The lowest BCUT2D eigenvalue weighted by Crippen LogP contribution is -2.43. The van der Waals surface area contributed by atoms with Crippen molar-refractivity contribution < 1.29 is 0 Å². The monoisotopic (exact) mass is 323 g/mol. The summed E-state index contributed by atoms with van der Waals surface area (Å²) in [4.78, 5) is 12.9. The third-order valence-electron chi connectivity index (χ3n) is 4.00. The van der Waals surface area contributed by atoms with Crippen molar-refractivity contribution in [1.29, 1.82) is 0 Å². The Balaban J connectivity index is 1.88. The molecule has 1 saturated heterocycles. The van der Waals surface area contributed by atoms with Gasteiger partial charge in [-0.25, -0.2) is 9.98 Å². The largest absolute Gasteiger partial charge is 0.357 e. The first-order valence-corrected chi connectivity index (χ1v) is 9.03. The van der Waals surface area contributed by atoms with Gasteiger partial charge in [0.2, 0.25) is 0 Å². The summed E-state index contributed by atoms with van der Waals surface area (Å²) in [5.41, 5.74) is 1.11. The maximum Gasteiger partial charge on any atom is 0.191 e. The Morgan fingerprint density at radius 2 is 2.23 bits per heavy atom. The first-order valence-electron chi connectivity index (χ1n) is 8.22. The number of rotatable bonds is 5. The predicted molar refractivity (Wildman–Crippen MR) is 94.6 cm³/mol. The van der Waals surface area contributed by atoms with E-state index in [1.54, 1.807) is 11.3 Å². The highest BCUT2D eigenvalue weighted by Crippen LogP contribution is 2.18. The van der Waals surface area contributed by atoms with E-state index in [1.807, 2.05) is 6.92 Å². The summed E-state index contributed by atoms with van der Waals surface area (Å²) >= 11 is 1.74. The molecule has 2 N–H and O–H groups in total. The average Bonchev–Trinajstić information content (AvgIpc) is 2.80. The molecule has 22 heavy (non-hydrogen) atoms. The van der Waals surface area contributed by atoms with Gasteiger partial charge < -0.3 is 15.5 Å². The number of piperidine rings is 1. The number of guanidine groups is 1. The number of thiazole rings is 1. The zero-order valence-electron chi connectivity index (χ0n) is 14.3. The molecule has 0 aliphatic carbocycles. The Kier molecular flexibility index (Phi) is 6.64. The first-order chi connectivity index (χ1) is 10.6. The normalized spacial score (nSPS) is 20.2. The number of nitrogens with zero attached hydrogens (tertiary/aromatic N) is 3. The maximum atomic E-state index is 4.71. The average molecular weight is 324 g/mol. The van der Waals surface area contributed by atoms with E-state index in [0.29, 0.717) is 6.54 Å². The second kappa shape index (κ2) is 8.48. The molecule has 1 aliphatic rings. The van der Waals surface area contributed by atoms with Crippen molar-refractivity contribution >= 4 is 17.3 Å². The molecule has 1 atom stereocenters. The molecule has 5 nitrogen and oxygen atoms in total. The van der Waals surface area contributed by atoms with Crippen LogP contribution in [0.3, 0.4) is 0 Å². The van der Waals surface area contributed by atoms with Crippen LogP contribution in [0, 0.1) is 19.8 Å². The Hall–Kier alpha value is -1.14. The van der Waals surface area contributed by atoms with Crippen molar-refractivity contribution in [3.05, 3.63) is 15.6 Å². The van der Waals surface area contributed by atoms with E-state index in [1.165, 1.54) is 30.8 Å². The Bertz CT molecular complexity index is 497. The second-order valence-electron chi connectivity index (χ2n) is 6.09. The number of aryl methyl sites for hydroxylation is 2. The molecule has 1 fully saturated rings. The molecule has 0 aromatic carbocycles. The second-order valence-corrected chi connectivity index (χ2v) is 7.38. The van der Waals surface area contributed by atoms with Gasteiger partial charge in [-0.2, -0.15) is 0 Å². The van der Waals surface area contributed by atoms with Gasteiger partial charge in [0, 0.05) is 24.5 Å². The van der Waals surface area contributed by atoms with Gasteiger partial charge >= 0.3 is 0 Å². The standard InChI is InChI=1S/C16H29N5S/c1-5-17-16(18-9-14-7-6-8-21(4)11-14)19-10-15-12(2)20-13(3)22-15/h14H,5-11H2,1-4H3,(H2,17,18,19). The van der Waals surface area contributed by atoms with Crippen molar-refractivity contribution in [3.63, 3.8) is 0 Å². The van der Waals surface area contributed by atoms with E-state index in [2.05, 4.69) is 41.4 Å². The summed E-state index contributed by atoms with van der Waals surface area (Å²) in [5, 5.41) is 7.96. The van der Waals surface area contributed by atoms with Crippen molar-refractivity contribution in [3.8, 4) is 0 Å². The van der Waals surface area contributed by atoms with Crippen LogP contribution in [0.5, 0.6) is 0 Å². The van der Waals surface area contributed by atoms with Crippen LogP contribution in [0.1, 0.15) is 35.3 Å². The van der Waals surface area contributed by atoms with Gasteiger partial charge in [-0.1, -0.05) is 0 Å². The molecule has 0 spiro atoms. The fourth-order valence-electron chi connectivity index (χ4n) is 2.89. The molecule has 1 unspecified atom stereocenters. The van der Waals surface area contributed by atoms with Crippen LogP contribution in [0.25, 0.3) is 0 Å². The summed E-state index contributed by atoms with van der Waals surface area (Å²) in [6.45, 7) is 11.2. The van der Waals surface area contributed by atoms with Gasteiger partial charge in [0.05, 0.1) is 17.2 Å². The Morgan fingerprint density at radius 3 is 2.86 bits per heavy atom. The van der Waals surface area contributed by atoms with Crippen molar-refractivity contribution in [2.24, 2.45) is 10.9 Å². The van der Waals surface area contributed by atoms with E-state index >= 15 is 0 Å². The fraction of sp³-hybridized carbons (Fsp3) is 0.750. The molecule has 0 saturated carbocycles. The summed E-state index contributed by atoms with van der Waals surface area (Å²) < 4.78 is 0. The highest BCUT2D eigenvalue weighted by Gasteiger charge is 2.17. The highest BCUT2D eigenvalue weighted by molar-refractivity contribution is 7.11. The van der Waals surface area contributed by atoms with E-state index in [0.717, 1.165) is 35.7 Å². The van der Waals surface area contributed by atoms with Gasteiger partial charge in [0.15, 0.2) is 5.96 Å². The molecule has 2 heterocycles. The highest BCUT2D eigenvalue weighted by atomic mass is 32.1. The fourth-order valence-corrected chi connectivity index (χ4v) is 3.76. The molecule has 0 bridgehead atoms. The van der Waals surface area contributed by atoms with Crippen molar-refractivity contribution in [2.45, 2.75) is 40.2 Å². The molecule has 2 rings (SSSR count). The number of nitrogens with one attached hydrogen (secondary N) is 2. The van der Waals surface area contributed by atoms with Gasteiger partial charge in [-0.05, 0) is 53.1 Å². The van der Waals surface area contributed by atoms with E-state index in [-0.39, 0.29) is 0 Å². The zero-order valence-corrected chi connectivity index (χ0v) is 15.1. The number of aliphatic imine (C=N–C) groups is 1. The molecule has 0 radical (unpaired) electrons. The Labute approximate surface area is 138 Å². The van der Waals surface area contributed by atoms with Gasteiger partial charge in [-0.3, -0.25) is 0 Å². The van der Waals surface area contributed by atoms with Crippen LogP contribution in [0.15, 0.2) is 4.99 Å². The van der Waals surface area contributed by atoms with E-state index < -0.39 is 0 Å². The minimum Gasteiger partial charge on any atom is -0.357 e. The summed E-state index contributed by atoms with van der Waals surface area (Å²) in [7, 11) is 2.21. The lowest BCUT2D eigenvalue weighted by molar-refractivity contribution is 0.210. The van der Waals surface area contributed by atoms with Crippen LogP contribution in [0.4, 0.5) is 0 Å². The quantitative estimate of drug-likeness (QED) is 0.644. The lowest BCUT2D eigenvalue weighted by Gasteiger charge is -2.30. The third-order valence-corrected chi connectivity index (χ3v) is 5.06. The van der Waals surface area contributed by atoms with Crippen LogP contribution in [-0.4, -0.2) is 49.1 Å². The molecule has 124 valence electrons. The molecule has 1 aromatic heterocycles. The van der Waals surface area contributed by atoms with Crippen LogP contribution >= 0.6 is 11.3 Å². The molecule has 1 aromatic rings. The topological polar surface area (TPSA) is 52.6 Å². The maximum absolute atomic E-state index is 4.71. The van der Waals surface area contributed by atoms with Gasteiger partial charge in [0.1, 0.15) is 0 Å². The number of hydrogen-bond acceptors (Lipinski definition) is 4. The minimum absolute atomic E-state index is 0.706. The van der Waals surface area contributed by atoms with Crippen molar-refractivity contribution in [1.82, 2.24) is 20.5 Å². The SMILES string of the molecule is CCNC(=NCc1sc(C)nc1C)NCC1CCCN(C)C1. The number of hydrogen-bond donors (Lipinski definition) is 2. The number of likely N-dealkylation sites (tertiary alicyclic amines) is 1. The molecule has 6 heteroatoms. The van der Waals surface area contributed by atoms with Crippen LogP contribution in [-0.2, 0) is 6.54 Å². The minimum atomic E-state index is 0.706. The van der Waals surface area contributed by atoms with E-state index in [9.17, 15) is 0 Å². The summed E-state index contributed by atoms with van der Waals surface area (Å²) in [6.07, 6.45) is 2.61. The lowest BCUT2D eigenvalue weighted by atomic mass is 9.99. The third kappa shape index (κ3) is 5.25. The number of aromatic nitrogens is 1. The molecule has 0 amide bonds. The predicted octanol–water partition coefficient (Wildman–Crippen LogP) is 2.16. The summed E-state index contributed by atoms with van der Waals surface area (Å²) in [6, 6.07) is 0. The van der Waals surface area contributed by atoms with Crippen LogP contribution < -0.4 is 10.6 Å². The van der Waals surface area contributed by atoms with Crippen molar-refractivity contribution in [2.75, 3.05) is 33.2 Å². The smallest absolute Gasteiger partial charge is 0.191 e. The van der Waals surface area contributed by atoms with Crippen LogP contribution in [0.2, 0.25) is 0 Å². The van der Waals surface area contributed by atoms with E-state index in [4.69, 9.17) is 4.99 Å². The van der Waals surface area contributed by atoms with Gasteiger partial charge in [0.25, 0.3) is 0 Å². The van der Waals surface area contributed by atoms with Gasteiger partial charge in [-0.15, -0.1) is 11.3 Å². The summed E-state index contributed by atoms with van der Waals surface area (Å²) in [5.74, 6) is 1.64. The first kappa shape index (κ1) is 17.2. The molecular formula is C16H29N5S. The zero-order chi connectivity index (χ0) is 15.9.